The fourth-order valence-electron chi connectivity index (χ4n) is 3.58. The van der Waals surface area contributed by atoms with E-state index < -0.39 is 0 Å². The summed E-state index contributed by atoms with van der Waals surface area (Å²) in [5, 5.41) is 0. The average molecular weight is 341 g/mol. The van der Waals surface area contributed by atoms with E-state index in [1.807, 2.05) is 37.8 Å². The third kappa shape index (κ3) is 3.28. The number of allylic oxidation sites excluding steroid dienone is 1. The predicted octanol–water partition coefficient (Wildman–Crippen LogP) is 3.31. The van der Waals surface area contributed by atoms with E-state index in [4.69, 9.17) is 0 Å². The Morgan fingerprint density at radius 1 is 1.04 bits per heavy atom. The van der Waals surface area contributed by atoms with E-state index in [9.17, 15) is 9.59 Å². The van der Waals surface area contributed by atoms with Crippen LogP contribution in [0.25, 0.3) is 16.7 Å². The number of aryl methyl sites for hydroxylation is 2. The van der Waals surface area contributed by atoms with E-state index in [-0.39, 0.29) is 18.1 Å². The minimum atomic E-state index is -0.185. The summed E-state index contributed by atoms with van der Waals surface area (Å²) in [5.74, 6) is 0.0305. The van der Waals surface area contributed by atoms with Crippen LogP contribution >= 0.6 is 0 Å². The van der Waals surface area contributed by atoms with Crippen LogP contribution in [0.4, 0.5) is 0 Å². The van der Waals surface area contributed by atoms with E-state index in [0.29, 0.717) is 5.70 Å². The molecule has 0 saturated carbocycles. The molecular formula is C20H27N3O2. The lowest BCUT2D eigenvalue weighted by atomic mass is 10.1. The van der Waals surface area contributed by atoms with Gasteiger partial charge in [-0.3, -0.25) is 13.9 Å². The Bertz CT molecular complexity index is 880. The first-order chi connectivity index (χ1) is 11.9. The molecule has 0 bridgehead atoms. The number of nitrogens with zero attached hydrogens (tertiary/aromatic N) is 3. The maximum atomic E-state index is 12.9. The molecule has 1 amide bonds. The normalized spacial score (nSPS) is 15.4. The molecule has 0 spiro atoms. The number of carbonyl (C=O) groups is 1. The number of likely N-dealkylation sites (tertiary alicyclic amines) is 1. The Morgan fingerprint density at radius 2 is 1.60 bits per heavy atom. The maximum absolute atomic E-state index is 12.9. The second-order valence-electron chi connectivity index (χ2n) is 7.16. The number of hydrogen-bond donors (Lipinski definition) is 0. The second kappa shape index (κ2) is 6.90. The van der Waals surface area contributed by atoms with Crippen molar-refractivity contribution >= 4 is 22.6 Å². The number of aromatic nitrogens is 2. The van der Waals surface area contributed by atoms with Crippen LogP contribution in [0.15, 0.2) is 23.5 Å². The van der Waals surface area contributed by atoms with Gasteiger partial charge in [0.15, 0.2) is 0 Å². The number of carbonyl (C=O) groups excluding carboxylic acids is 1. The molecule has 1 aromatic heterocycles. The van der Waals surface area contributed by atoms with Crippen molar-refractivity contribution < 1.29 is 4.79 Å². The van der Waals surface area contributed by atoms with Crippen molar-refractivity contribution in [2.75, 3.05) is 13.1 Å². The lowest BCUT2D eigenvalue weighted by molar-refractivity contribution is -0.131. The zero-order valence-corrected chi connectivity index (χ0v) is 15.5. The molecule has 2 aromatic rings. The van der Waals surface area contributed by atoms with Crippen molar-refractivity contribution in [1.29, 1.82) is 0 Å². The highest BCUT2D eigenvalue weighted by Crippen LogP contribution is 2.21. The first kappa shape index (κ1) is 17.5. The zero-order valence-electron chi connectivity index (χ0n) is 15.5. The summed E-state index contributed by atoms with van der Waals surface area (Å²) in [6, 6.07) is 4.01. The fraction of sp³-hybridized carbons (Fsp3) is 0.500. The summed E-state index contributed by atoms with van der Waals surface area (Å²) in [6.45, 7) is 11.5. The van der Waals surface area contributed by atoms with Gasteiger partial charge in [-0.2, -0.15) is 0 Å². The summed E-state index contributed by atoms with van der Waals surface area (Å²) >= 11 is 0. The number of rotatable bonds is 3. The average Bonchev–Trinajstić information content (AvgIpc) is 2.75. The number of hydrogen-bond acceptors (Lipinski definition) is 2. The molecular weight excluding hydrogens is 314 g/mol. The smallest absolute Gasteiger partial charge is 0.333 e. The molecule has 2 heterocycles. The van der Waals surface area contributed by atoms with Crippen molar-refractivity contribution in [3.63, 3.8) is 0 Å². The van der Waals surface area contributed by atoms with E-state index >= 15 is 0 Å². The quantitative estimate of drug-likeness (QED) is 0.860. The Labute approximate surface area is 148 Å². The predicted molar refractivity (Wildman–Crippen MR) is 102 cm³/mol. The molecule has 0 N–H and O–H groups in total. The van der Waals surface area contributed by atoms with Gasteiger partial charge >= 0.3 is 5.69 Å². The monoisotopic (exact) mass is 341 g/mol. The zero-order chi connectivity index (χ0) is 18.1. The highest BCUT2D eigenvalue weighted by molar-refractivity contribution is 5.84. The minimum absolute atomic E-state index is 0.0305. The SMILES string of the molecule is C=C(C)n1c(=O)n(CC(=O)N2CCCCCC2)c2cc(C)c(C)cc21. The van der Waals surface area contributed by atoms with Crippen LogP contribution in [0.2, 0.25) is 0 Å². The highest BCUT2D eigenvalue weighted by Gasteiger charge is 2.21. The maximum Gasteiger partial charge on any atom is 0.333 e. The van der Waals surface area contributed by atoms with Gasteiger partial charge in [-0.25, -0.2) is 4.79 Å². The summed E-state index contributed by atoms with van der Waals surface area (Å²) in [7, 11) is 0. The first-order valence-corrected chi connectivity index (χ1v) is 9.06. The number of amides is 1. The van der Waals surface area contributed by atoms with Gasteiger partial charge in [0.25, 0.3) is 0 Å². The molecule has 3 rings (SSSR count). The van der Waals surface area contributed by atoms with Crippen LogP contribution in [0, 0.1) is 13.8 Å². The fourth-order valence-corrected chi connectivity index (χ4v) is 3.58. The molecule has 0 unspecified atom stereocenters. The Kier molecular flexibility index (Phi) is 4.84. The van der Waals surface area contributed by atoms with Crippen LogP contribution < -0.4 is 5.69 Å². The van der Waals surface area contributed by atoms with Gasteiger partial charge in [0.2, 0.25) is 5.91 Å². The minimum Gasteiger partial charge on any atom is -0.341 e. The molecule has 1 saturated heterocycles. The number of benzene rings is 1. The van der Waals surface area contributed by atoms with Crippen LogP contribution in [0.3, 0.4) is 0 Å². The molecule has 1 fully saturated rings. The lowest BCUT2D eigenvalue weighted by Gasteiger charge is -2.20. The third-order valence-electron chi connectivity index (χ3n) is 5.18. The molecule has 5 nitrogen and oxygen atoms in total. The summed E-state index contributed by atoms with van der Waals surface area (Å²) in [5.41, 5.74) is 4.35. The Morgan fingerprint density at radius 3 is 2.16 bits per heavy atom. The van der Waals surface area contributed by atoms with Crippen LogP contribution in [-0.2, 0) is 11.3 Å². The van der Waals surface area contributed by atoms with Gasteiger partial charge < -0.3 is 4.90 Å². The molecule has 0 aliphatic carbocycles. The van der Waals surface area contributed by atoms with Gasteiger partial charge in [0.1, 0.15) is 6.54 Å². The second-order valence-corrected chi connectivity index (χ2v) is 7.16. The van der Waals surface area contributed by atoms with Crippen molar-refractivity contribution in [3.05, 3.63) is 40.3 Å². The topological polar surface area (TPSA) is 47.2 Å². The van der Waals surface area contributed by atoms with Crippen LogP contribution in [-0.4, -0.2) is 33.0 Å². The Hall–Kier alpha value is -2.30. The van der Waals surface area contributed by atoms with Crippen LogP contribution in [0.1, 0.15) is 43.7 Å². The molecule has 5 heteroatoms. The number of imidazole rings is 1. The first-order valence-electron chi connectivity index (χ1n) is 9.06. The van der Waals surface area contributed by atoms with E-state index in [2.05, 4.69) is 6.58 Å². The van der Waals surface area contributed by atoms with Crippen molar-refractivity contribution in [3.8, 4) is 0 Å². The molecule has 1 aliphatic heterocycles. The Balaban J connectivity index is 2.05. The summed E-state index contributed by atoms with van der Waals surface area (Å²) < 4.78 is 3.21. The molecule has 0 radical (unpaired) electrons. The standard InChI is InChI=1S/C20H27N3O2/c1-14(2)23-18-12-16(4)15(3)11-17(18)22(20(23)25)13-19(24)21-9-7-5-6-8-10-21/h11-12H,1,5-10,13H2,2-4H3. The van der Waals surface area contributed by atoms with E-state index in [1.54, 1.807) is 9.13 Å². The molecule has 0 atom stereocenters. The van der Waals surface area contributed by atoms with Crippen LogP contribution in [0.5, 0.6) is 0 Å². The number of fused-ring (bicyclic) bond motifs is 1. The van der Waals surface area contributed by atoms with Gasteiger partial charge in [0, 0.05) is 18.8 Å². The summed E-state index contributed by atoms with van der Waals surface area (Å²) in [4.78, 5) is 27.6. The van der Waals surface area contributed by atoms with Crippen molar-refractivity contribution in [1.82, 2.24) is 14.0 Å². The highest BCUT2D eigenvalue weighted by atomic mass is 16.2. The molecule has 1 aromatic carbocycles. The lowest BCUT2D eigenvalue weighted by Crippen LogP contribution is -2.37. The van der Waals surface area contributed by atoms with E-state index in [0.717, 1.165) is 48.1 Å². The molecule has 1 aliphatic rings. The van der Waals surface area contributed by atoms with Gasteiger partial charge in [-0.1, -0.05) is 19.4 Å². The molecule has 25 heavy (non-hydrogen) atoms. The molecule has 134 valence electrons. The van der Waals surface area contributed by atoms with Gasteiger partial charge in [0.05, 0.1) is 11.0 Å². The van der Waals surface area contributed by atoms with Gasteiger partial charge in [-0.05, 0) is 56.9 Å². The third-order valence-corrected chi connectivity index (χ3v) is 5.18. The summed E-state index contributed by atoms with van der Waals surface area (Å²) in [6.07, 6.45) is 4.45. The largest absolute Gasteiger partial charge is 0.341 e. The van der Waals surface area contributed by atoms with Crippen molar-refractivity contribution in [2.45, 2.75) is 53.0 Å². The van der Waals surface area contributed by atoms with Gasteiger partial charge in [-0.15, -0.1) is 0 Å². The van der Waals surface area contributed by atoms with E-state index in [1.165, 1.54) is 12.8 Å². The van der Waals surface area contributed by atoms with Crippen molar-refractivity contribution in [2.24, 2.45) is 0 Å².